The second-order valence-corrected chi connectivity index (χ2v) is 5.45. The quantitative estimate of drug-likeness (QED) is 0.779. The summed E-state index contributed by atoms with van der Waals surface area (Å²) in [5.74, 6) is 1.00. The Bertz CT molecular complexity index is 355. The van der Waals surface area contributed by atoms with Crippen LogP contribution in [0.2, 0.25) is 0 Å². The van der Waals surface area contributed by atoms with Gasteiger partial charge in [-0.15, -0.1) is 0 Å². The van der Waals surface area contributed by atoms with Gasteiger partial charge in [-0.1, -0.05) is 24.3 Å². The SMILES string of the molecule is Cc1ccccc1CS(=O)CC(N)CCO. The van der Waals surface area contributed by atoms with Gasteiger partial charge in [-0.25, -0.2) is 0 Å². The first kappa shape index (κ1) is 13.4. The minimum atomic E-state index is -0.949. The van der Waals surface area contributed by atoms with Crippen molar-refractivity contribution in [3.8, 4) is 0 Å². The van der Waals surface area contributed by atoms with Crippen LogP contribution in [0, 0.1) is 6.92 Å². The molecule has 0 bridgehead atoms. The molecular weight excluding hydrogens is 222 g/mol. The minimum absolute atomic E-state index is 0.0583. The molecule has 0 aliphatic rings. The number of aliphatic hydroxyl groups excluding tert-OH is 1. The fourth-order valence-corrected chi connectivity index (χ4v) is 2.93. The molecule has 0 saturated heterocycles. The van der Waals surface area contributed by atoms with E-state index in [-0.39, 0.29) is 12.6 Å². The normalized spacial score (nSPS) is 14.7. The van der Waals surface area contributed by atoms with Crippen molar-refractivity contribution in [2.24, 2.45) is 5.73 Å². The first-order valence-corrected chi connectivity index (χ1v) is 6.88. The summed E-state index contributed by atoms with van der Waals surface area (Å²) in [6.07, 6.45) is 0.513. The summed E-state index contributed by atoms with van der Waals surface area (Å²) in [7, 11) is -0.949. The fourth-order valence-electron chi connectivity index (χ4n) is 1.49. The summed E-state index contributed by atoms with van der Waals surface area (Å²) in [4.78, 5) is 0. The van der Waals surface area contributed by atoms with Gasteiger partial charge in [-0.05, 0) is 24.5 Å². The smallest absolute Gasteiger partial charge is 0.0488 e. The van der Waals surface area contributed by atoms with Crippen LogP contribution in [0.4, 0.5) is 0 Å². The van der Waals surface area contributed by atoms with Gasteiger partial charge in [0.05, 0.1) is 0 Å². The predicted molar refractivity (Wildman–Crippen MR) is 67.6 cm³/mol. The van der Waals surface area contributed by atoms with E-state index < -0.39 is 10.8 Å². The highest BCUT2D eigenvalue weighted by atomic mass is 32.2. The fraction of sp³-hybridized carbons (Fsp3) is 0.500. The largest absolute Gasteiger partial charge is 0.396 e. The Morgan fingerprint density at radius 1 is 1.44 bits per heavy atom. The first-order valence-electron chi connectivity index (χ1n) is 5.39. The van der Waals surface area contributed by atoms with E-state index in [0.29, 0.717) is 17.9 Å². The topological polar surface area (TPSA) is 63.3 Å². The van der Waals surface area contributed by atoms with Crippen LogP contribution in [0.25, 0.3) is 0 Å². The molecule has 0 amide bonds. The molecule has 0 aromatic heterocycles. The van der Waals surface area contributed by atoms with Gasteiger partial charge in [-0.2, -0.15) is 0 Å². The lowest BCUT2D eigenvalue weighted by atomic mass is 10.1. The third-order valence-corrected chi connectivity index (χ3v) is 3.91. The number of rotatable bonds is 6. The van der Waals surface area contributed by atoms with E-state index in [4.69, 9.17) is 10.8 Å². The molecule has 0 radical (unpaired) electrons. The average Bonchev–Trinajstić information content (AvgIpc) is 2.21. The van der Waals surface area contributed by atoms with E-state index in [0.717, 1.165) is 11.1 Å². The number of hydrogen-bond acceptors (Lipinski definition) is 3. The third-order valence-electron chi connectivity index (χ3n) is 2.48. The summed E-state index contributed by atoms with van der Waals surface area (Å²) in [5, 5.41) is 8.70. The van der Waals surface area contributed by atoms with Gasteiger partial charge < -0.3 is 10.8 Å². The number of benzene rings is 1. The van der Waals surface area contributed by atoms with E-state index >= 15 is 0 Å². The van der Waals surface area contributed by atoms with Crippen LogP contribution in [0.3, 0.4) is 0 Å². The Morgan fingerprint density at radius 3 is 2.75 bits per heavy atom. The van der Waals surface area contributed by atoms with Crippen LogP contribution in [0.1, 0.15) is 17.5 Å². The van der Waals surface area contributed by atoms with Crippen LogP contribution < -0.4 is 5.73 Å². The van der Waals surface area contributed by atoms with Gasteiger partial charge in [0.1, 0.15) is 0 Å². The number of aryl methyl sites for hydroxylation is 1. The van der Waals surface area contributed by atoms with Crippen molar-refractivity contribution in [1.82, 2.24) is 0 Å². The van der Waals surface area contributed by atoms with Crippen LogP contribution in [0.5, 0.6) is 0 Å². The Balaban J connectivity index is 2.49. The molecule has 2 atom stereocenters. The third kappa shape index (κ3) is 4.43. The monoisotopic (exact) mass is 241 g/mol. The van der Waals surface area contributed by atoms with Crippen molar-refractivity contribution >= 4 is 10.8 Å². The van der Waals surface area contributed by atoms with Crippen molar-refractivity contribution in [3.63, 3.8) is 0 Å². The number of nitrogens with two attached hydrogens (primary N) is 1. The molecule has 90 valence electrons. The molecule has 3 N–H and O–H groups in total. The van der Waals surface area contributed by atoms with Crippen molar-refractivity contribution in [1.29, 1.82) is 0 Å². The molecule has 4 heteroatoms. The maximum Gasteiger partial charge on any atom is 0.0488 e. The highest BCUT2D eigenvalue weighted by Crippen LogP contribution is 2.10. The zero-order valence-corrected chi connectivity index (χ0v) is 10.4. The van der Waals surface area contributed by atoms with Gasteiger partial charge in [0.25, 0.3) is 0 Å². The number of aliphatic hydroxyl groups is 1. The van der Waals surface area contributed by atoms with Gasteiger partial charge in [0, 0.05) is 35.0 Å². The van der Waals surface area contributed by atoms with Crippen LogP contribution in [-0.2, 0) is 16.6 Å². The molecule has 0 heterocycles. The maximum absolute atomic E-state index is 11.8. The van der Waals surface area contributed by atoms with Crippen LogP contribution >= 0.6 is 0 Å². The molecule has 0 fully saturated rings. The van der Waals surface area contributed by atoms with Gasteiger partial charge in [0.15, 0.2) is 0 Å². The lowest BCUT2D eigenvalue weighted by Gasteiger charge is -2.10. The molecule has 16 heavy (non-hydrogen) atoms. The Morgan fingerprint density at radius 2 is 2.12 bits per heavy atom. The standard InChI is InChI=1S/C12H19NO2S/c1-10-4-2-3-5-11(10)8-16(15)9-12(13)6-7-14/h2-5,12,14H,6-9,13H2,1H3. The van der Waals surface area contributed by atoms with Crippen LogP contribution in [0.15, 0.2) is 24.3 Å². The summed E-state index contributed by atoms with van der Waals surface area (Å²) < 4.78 is 11.8. The summed E-state index contributed by atoms with van der Waals surface area (Å²) in [5.41, 5.74) is 7.99. The Kier molecular flexibility index (Phi) is 5.66. The lowest BCUT2D eigenvalue weighted by molar-refractivity contribution is 0.279. The molecule has 1 rings (SSSR count). The molecule has 2 unspecified atom stereocenters. The van der Waals surface area contributed by atoms with Crippen molar-refractivity contribution in [2.75, 3.05) is 12.4 Å². The van der Waals surface area contributed by atoms with E-state index in [2.05, 4.69) is 0 Å². The highest BCUT2D eigenvalue weighted by molar-refractivity contribution is 7.84. The maximum atomic E-state index is 11.8. The lowest BCUT2D eigenvalue weighted by Crippen LogP contribution is -2.28. The van der Waals surface area contributed by atoms with E-state index in [9.17, 15) is 4.21 Å². The zero-order valence-electron chi connectivity index (χ0n) is 9.56. The molecule has 0 aliphatic carbocycles. The number of hydrogen-bond donors (Lipinski definition) is 2. The summed E-state index contributed by atoms with van der Waals surface area (Å²) >= 11 is 0. The summed E-state index contributed by atoms with van der Waals surface area (Å²) in [6, 6.07) is 7.76. The van der Waals surface area contributed by atoms with Gasteiger partial charge >= 0.3 is 0 Å². The van der Waals surface area contributed by atoms with E-state index in [1.54, 1.807) is 0 Å². The highest BCUT2D eigenvalue weighted by Gasteiger charge is 2.09. The van der Waals surface area contributed by atoms with E-state index in [1.807, 2.05) is 31.2 Å². The Labute approximate surface area is 99.1 Å². The van der Waals surface area contributed by atoms with Crippen molar-refractivity contribution in [3.05, 3.63) is 35.4 Å². The molecule has 0 spiro atoms. The summed E-state index contributed by atoms with van der Waals surface area (Å²) in [6.45, 7) is 2.07. The minimum Gasteiger partial charge on any atom is -0.396 e. The predicted octanol–water partition coefficient (Wildman–Crippen LogP) is 0.953. The molecule has 0 aliphatic heterocycles. The van der Waals surface area contributed by atoms with Crippen molar-refractivity contribution in [2.45, 2.75) is 25.1 Å². The zero-order chi connectivity index (χ0) is 12.0. The van der Waals surface area contributed by atoms with Gasteiger partial charge in [0.2, 0.25) is 0 Å². The van der Waals surface area contributed by atoms with Gasteiger partial charge in [-0.3, -0.25) is 4.21 Å². The van der Waals surface area contributed by atoms with Crippen molar-refractivity contribution < 1.29 is 9.32 Å². The molecule has 3 nitrogen and oxygen atoms in total. The molecule has 0 saturated carbocycles. The first-order chi connectivity index (χ1) is 7.63. The Hall–Kier alpha value is -0.710. The molecule has 1 aromatic rings. The molecule has 1 aromatic carbocycles. The second-order valence-electron chi connectivity index (χ2n) is 3.95. The van der Waals surface area contributed by atoms with Crippen LogP contribution in [-0.4, -0.2) is 27.7 Å². The average molecular weight is 241 g/mol. The second kappa shape index (κ2) is 6.78. The molecular formula is C12H19NO2S. The van der Waals surface area contributed by atoms with E-state index in [1.165, 1.54) is 0 Å².